The van der Waals surface area contributed by atoms with Gasteiger partial charge in [-0.15, -0.1) is 0 Å². The smallest absolute Gasteiger partial charge is 0.282 e. The maximum Gasteiger partial charge on any atom is 0.282 e. The van der Waals surface area contributed by atoms with Crippen LogP contribution < -0.4 is 9.64 Å². The Balaban J connectivity index is 1.76. The van der Waals surface area contributed by atoms with E-state index in [2.05, 4.69) is 4.90 Å². The highest BCUT2D eigenvalue weighted by Gasteiger charge is 2.43. The number of anilines is 1. The third kappa shape index (κ3) is 4.10. The van der Waals surface area contributed by atoms with Crippen molar-refractivity contribution >= 4 is 23.1 Å². The van der Waals surface area contributed by atoms with Crippen LogP contribution in [0.25, 0.3) is 5.57 Å². The molecule has 168 valence electrons. The second kappa shape index (κ2) is 8.70. The number of hydrogen-bond donors (Lipinski definition) is 0. The molecule has 0 N–H and O–H groups in total. The van der Waals surface area contributed by atoms with E-state index in [0.717, 1.165) is 30.1 Å². The van der Waals surface area contributed by atoms with Crippen LogP contribution in [-0.4, -0.2) is 60.9 Å². The van der Waals surface area contributed by atoms with Crippen LogP contribution in [0.1, 0.15) is 19.4 Å². The number of carbonyl (C=O) groups is 2. The molecule has 0 saturated carbocycles. The lowest BCUT2D eigenvalue weighted by atomic mass is 10.0. The van der Waals surface area contributed by atoms with E-state index in [0.29, 0.717) is 24.4 Å². The SMILES string of the molecule is CC(C)Oc1ccc(C2=C(N3CCN(C)CC3)C(=O)N(c3ccc(F)c(F)c3)C2=O)cc1. The molecular weight excluding hydrogens is 416 g/mol. The molecule has 8 heteroatoms. The Kier molecular flexibility index (Phi) is 5.97. The predicted molar refractivity (Wildman–Crippen MR) is 117 cm³/mol. The van der Waals surface area contributed by atoms with Crippen LogP contribution in [0.4, 0.5) is 14.5 Å². The van der Waals surface area contributed by atoms with Gasteiger partial charge in [0.1, 0.15) is 11.4 Å². The number of halogens is 2. The van der Waals surface area contributed by atoms with Gasteiger partial charge in [0.2, 0.25) is 0 Å². The van der Waals surface area contributed by atoms with Gasteiger partial charge in [-0.05, 0) is 50.7 Å². The number of amides is 2. The minimum Gasteiger partial charge on any atom is -0.491 e. The summed E-state index contributed by atoms with van der Waals surface area (Å²) in [5.41, 5.74) is 1.10. The van der Waals surface area contributed by atoms with Gasteiger partial charge in [0, 0.05) is 32.2 Å². The van der Waals surface area contributed by atoms with Gasteiger partial charge in [-0.2, -0.15) is 0 Å². The van der Waals surface area contributed by atoms with Gasteiger partial charge in [0.25, 0.3) is 11.8 Å². The molecule has 0 aliphatic carbocycles. The molecule has 1 saturated heterocycles. The summed E-state index contributed by atoms with van der Waals surface area (Å²) in [4.78, 5) is 31.9. The van der Waals surface area contributed by atoms with Gasteiger partial charge in [0.05, 0.1) is 17.4 Å². The van der Waals surface area contributed by atoms with E-state index in [1.54, 1.807) is 24.3 Å². The Hall–Kier alpha value is -3.26. The standard InChI is InChI=1S/C24H25F2N3O3/c1-15(2)32-18-7-4-16(5-8-18)21-22(28-12-10-27(3)11-13-28)24(31)29(23(21)30)17-6-9-19(25)20(26)14-17/h4-9,14-15H,10-13H2,1-3H3. The van der Waals surface area contributed by atoms with Crippen LogP contribution in [-0.2, 0) is 9.59 Å². The molecule has 2 aromatic carbocycles. The summed E-state index contributed by atoms with van der Waals surface area (Å²) >= 11 is 0. The number of piperazine rings is 1. The first kappa shape index (κ1) is 22.0. The lowest BCUT2D eigenvalue weighted by Crippen LogP contribution is -2.46. The van der Waals surface area contributed by atoms with Gasteiger partial charge < -0.3 is 14.5 Å². The monoisotopic (exact) mass is 441 g/mol. The number of carbonyl (C=O) groups excluding carboxylic acids is 2. The summed E-state index contributed by atoms with van der Waals surface area (Å²) in [6, 6.07) is 10.0. The highest BCUT2D eigenvalue weighted by Crippen LogP contribution is 2.36. The maximum atomic E-state index is 13.9. The number of likely N-dealkylation sites (N-methyl/N-ethyl adjacent to an activating group) is 1. The number of benzene rings is 2. The van der Waals surface area contributed by atoms with Crippen molar-refractivity contribution < 1.29 is 23.1 Å². The van der Waals surface area contributed by atoms with E-state index in [4.69, 9.17) is 4.74 Å². The van der Waals surface area contributed by atoms with E-state index in [-0.39, 0.29) is 23.1 Å². The minimum absolute atomic E-state index is 0.000267. The van der Waals surface area contributed by atoms with E-state index < -0.39 is 23.4 Å². The van der Waals surface area contributed by atoms with Gasteiger partial charge in [0.15, 0.2) is 11.6 Å². The quantitative estimate of drug-likeness (QED) is 0.667. The zero-order chi connectivity index (χ0) is 23.0. The van der Waals surface area contributed by atoms with Crippen LogP contribution in [0.3, 0.4) is 0 Å². The Bertz CT molecular complexity index is 1070. The van der Waals surface area contributed by atoms with Crippen LogP contribution in [0, 0.1) is 11.6 Å². The minimum atomic E-state index is -1.12. The van der Waals surface area contributed by atoms with Crippen molar-refractivity contribution in [1.82, 2.24) is 9.80 Å². The largest absolute Gasteiger partial charge is 0.491 e. The first-order chi connectivity index (χ1) is 15.3. The van der Waals surface area contributed by atoms with Crippen molar-refractivity contribution in [3.63, 3.8) is 0 Å². The normalized spacial score (nSPS) is 17.7. The summed E-state index contributed by atoms with van der Waals surface area (Å²) in [6.07, 6.45) is -0.000444. The highest BCUT2D eigenvalue weighted by atomic mass is 19.2. The molecule has 6 nitrogen and oxygen atoms in total. The lowest BCUT2D eigenvalue weighted by Gasteiger charge is -2.34. The molecule has 2 aliphatic heterocycles. The molecule has 2 aromatic rings. The van der Waals surface area contributed by atoms with Gasteiger partial charge in [-0.25, -0.2) is 13.7 Å². The van der Waals surface area contributed by atoms with Crippen molar-refractivity contribution in [2.45, 2.75) is 20.0 Å². The van der Waals surface area contributed by atoms with Gasteiger partial charge >= 0.3 is 0 Å². The average molecular weight is 441 g/mol. The highest BCUT2D eigenvalue weighted by molar-refractivity contribution is 6.45. The summed E-state index contributed by atoms with van der Waals surface area (Å²) < 4.78 is 33.0. The number of ether oxygens (including phenoxy) is 1. The molecule has 2 amide bonds. The van der Waals surface area contributed by atoms with E-state index >= 15 is 0 Å². The van der Waals surface area contributed by atoms with Crippen LogP contribution in [0.15, 0.2) is 48.2 Å². The van der Waals surface area contributed by atoms with E-state index in [9.17, 15) is 18.4 Å². The number of nitrogens with zero attached hydrogens (tertiary/aromatic N) is 3. The van der Waals surface area contributed by atoms with Crippen LogP contribution >= 0.6 is 0 Å². The first-order valence-electron chi connectivity index (χ1n) is 10.5. The predicted octanol–water partition coefficient (Wildman–Crippen LogP) is 3.28. The van der Waals surface area contributed by atoms with Crippen LogP contribution in [0.2, 0.25) is 0 Å². The van der Waals surface area contributed by atoms with E-state index in [1.807, 2.05) is 25.8 Å². The molecule has 0 aromatic heterocycles. The number of hydrogen-bond acceptors (Lipinski definition) is 5. The molecule has 2 aliphatic rings. The zero-order valence-corrected chi connectivity index (χ0v) is 18.3. The maximum absolute atomic E-state index is 13.9. The fourth-order valence-electron chi connectivity index (χ4n) is 3.93. The number of imide groups is 1. The van der Waals surface area contributed by atoms with Crippen molar-refractivity contribution in [2.75, 3.05) is 38.1 Å². The average Bonchev–Trinajstić information content (AvgIpc) is 3.01. The summed E-state index contributed by atoms with van der Waals surface area (Å²) in [5, 5.41) is 0. The Morgan fingerprint density at radius 1 is 0.875 bits per heavy atom. The third-order valence-corrected chi connectivity index (χ3v) is 5.56. The van der Waals surface area contributed by atoms with Crippen molar-refractivity contribution in [3.8, 4) is 5.75 Å². The topological polar surface area (TPSA) is 53.1 Å². The first-order valence-corrected chi connectivity index (χ1v) is 10.5. The summed E-state index contributed by atoms with van der Waals surface area (Å²) in [5.74, 6) is -2.61. The third-order valence-electron chi connectivity index (χ3n) is 5.56. The second-order valence-corrected chi connectivity index (χ2v) is 8.25. The molecule has 4 rings (SSSR count). The van der Waals surface area contributed by atoms with Crippen molar-refractivity contribution in [3.05, 3.63) is 65.4 Å². The molecule has 0 bridgehead atoms. The van der Waals surface area contributed by atoms with Gasteiger partial charge in [-0.1, -0.05) is 12.1 Å². The molecule has 0 radical (unpaired) electrons. The van der Waals surface area contributed by atoms with Crippen molar-refractivity contribution in [1.29, 1.82) is 0 Å². The molecule has 2 heterocycles. The molecule has 0 atom stereocenters. The van der Waals surface area contributed by atoms with Crippen molar-refractivity contribution in [2.24, 2.45) is 0 Å². The fraction of sp³-hybridized carbons (Fsp3) is 0.333. The Morgan fingerprint density at radius 2 is 1.53 bits per heavy atom. The summed E-state index contributed by atoms with van der Waals surface area (Å²) in [6.45, 7) is 6.47. The molecule has 1 fully saturated rings. The molecule has 0 spiro atoms. The fourth-order valence-corrected chi connectivity index (χ4v) is 3.93. The number of rotatable bonds is 5. The Morgan fingerprint density at radius 3 is 2.12 bits per heavy atom. The molecule has 32 heavy (non-hydrogen) atoms. The molecular formula is C24H25F2N3O3. The zero-order valence-electron chi connectivity index (χ0n) is 18.3. The van der Waals surface area contributed by atoms with Crippen LogP contribution in [0.5, 0.6) is 5.75 Å². The Labute approximate surface area is 185 Å². The molecule has 0 unspecified atom stereocenters. The van der Waals surface area contributed by atoms with Gasteiger partial charge in [-0.3, -0.25) is 9.59 Å². The van der Waals surface area contributed by atoms with E-state index in [1.165, 1.54) is 6.07 Å². The summed E-state index contributed by atoms with van der Waals surface area (Å²) in [7, 11) is 2.00. The lowest BCUT2D eigenvalue weighted by molar-refractivity contribution is -0.120. The second-order valence-electron chi connectivity index (χ2n) is 8.25.